The van der Waals surface area contributed by atoms with Crippen molar-refractivity contribution < 1.29 is 9.50 Å². The van der Waals surface area contributed by atoms with E-state index < -0.39 is 5.82 Å². The van der Waals surface area contributed by atoms with Gasteiger partial charge in [-0.1, -0.05) is 17.7 Å². The van der Waals surface area contributed by atoms with E-state index in [9.17, 15) is 9.50 Å². The first-order valence-electron chi connectivity index (χ1n) is 6.60. The molecule has 0 spiro atoms. The van der Waals surface area contributed by atoms with Crippen molar-refractivity contribution >= 4 is 23.0 Å². The molecule has 3 nitrogen and oxygen atoms in total. The Morgan fingerprint density at radius 2 is 1.90 bits per heavy atom. The number of phenols is 1. The van der Waals surface area contributed by atoms with Gasteiger partial charge in [0.15, 0.2) is 0 Å². The van der Waals surface area contributed by atoms with Crippen LogP contribution in [0.1, 0.15) is 18.5 Å². The highest BCUT2D eigenvalue weighted by molar-refractivity contribution is 6.31. The lowest BCUT2D eigenvalue weighted by Gasteiger charge is -2.23. The lowest BCUT2D eigenvalue weighted by molar-refractivity contribution is 0.459. The van der Waals surface area contributed by atoms with Gasteiger partial charge in [-0.2, -0.15) is 0 Å². The predicted octanol–water partition coefficient (Wildman–Crippen LogP) is 4.42. The van der Waals surface area contributed by atoms with Crippen LogP contribution < -0.4 is 10.2 Å². The summed E-state index contributed by atoms with van der Waals surface area (Å²) in [6.45, 7) is 1.90. The molecule has 0 heterocycles. The summed E-state index contributed by atoms with van der Waals surface area (Å²) in [5.41, 5.74) is 2.46. The lowest BCUT2D eigenvalue weighted by Crippen LogP contribution is -2.14. The standard InChI is InChI=1S/C16H18ClFN2O/c1-10(13-6-5-12(18)9-16(13)21)19-14-8-11(17)4-7-15(14)20(2)3/h4-10,19,21H,1-3H3. The second-order valence-electron chi connectivity index (χ2n) is 5.13. The monoisotopic (exact) mass is 308 g/mol. The molecular weight excluding hydrogens is 291 g/mol. The fraction of sp³-hybridized carbons (Fsp3) is 0.250. The van der Waals surface area contributed by atoms with Gasteiger partial charge in [0.1, 0.15) is 11.6 Å². The molecule has 1 atom stereocenters. The van der Waals surface area contributed by atoms with Gasteiger partial charge >= 0.3 is 0 Å². The molecule has 0 aliphatic heterocycles. The molecule has 2 aromatic rings. The Hall–Kier alpha value is -1.94. The zero-order valence-electron chi connectivity index (χ0n) is 12.2. The van der Waals surface area contributed by atoms with Gasteiger partial charge in [-0.15, -0.1) is 0 Å². The summed E-state index contributed by atoms with van der Waals surface area (Å²) in [6.07, 6.45) is 0. The van der Waals surface area contributed by atoms with Crippen LogP contribution in [0.5, 0.6) is 5.75 Å². The van der Waals surface area contributed by atoms with Gasteiger partial charge in [0.2, 0.25) is 0 Å². The van der Waals surface area contributed by atoms with Crippen LogP contribution in [0.4, 0.5) is 15.8 Å². The van der Waals surface area contributed by atoms with E-state index in [-0.39, 0.29) is 11.8 Å². The van der Waals surface area contributed by atoms with E-state index in [1.807, 2.05) is 44.1 Å². The highest BCUT2D eigenvalue weighted by atomic mass is 35.5. The Morgan fingerprint density at radius 3 is 2.52 bits per heavy atom. The van der Waals surface area contributed by atoms with Crippen molar-refractivity contribution in [3.8, 4) is 5.75 Å². The van der Waals surface area contributed by atoms with Crippen molar-refractivity contribution in [2.45, 2.75) is 13.0 Å². The van der Waals surface area contributed by atoms with Crippen LogP contribution in [0.3, 0.4) is 0 Å². The summed E-state index contributed by atoms with van der Waals surface area (Å²) < 4.78 is 13.1. The third-order valence-corrected chi connectivity index (χ3v) is 3.51. The Labute approximate surface area is 129 Å². The number of anilines is 2. The van der Waals surface area contributed by atoms with Crippen LogP contribution in [0.15, 0.2) is 36.4 Å². The SMILES string of the molecule is CC(Nc1cc(Cl)ccc1N(C)C)c1ccc(F)cc1O. The third kappa shape index (κ3) is 3.58. The Bertz CT molecular complexity index is 646. The molecular formula is C16H18ClFN2O. The summed E-state index contributed by atoms with van der Waals surface area (Å²) in [7, 11) is 3.88. The van der Waals surface area contributed by atoms with E-state index in [4.69, 9.17) is 11.6 Å². The number of benzene rings is 2. The summed E-state index contributed by atoms with van der Waals surface area (Å²) in [6, 6.07) is 9.39. The molecule has 0 saturated heterocycles. The first-order chi connectivity index (χ1) is 9.88. The molecule has 21 heavy (non-hydrogen) atoms. The summed E-state index contributed by atoms with van der Waals surface area (Å²) in [4.78, 5) is 1.97. The summed E-state index contributed by atoms with van der Waals surface area (Å²) in [5, 5.41) is 13.8. The Balaban J connectivity index is 2.31. The molecule has 112 valence electrons. The first-order valence-corrected chi connectivity index (χ1v) is 6.98. The van der Waals surface area contributed by atoms with Crippen LogP contribution in [-0.4, -0.2) is 19.2 Å². The number of halogens is 2. The van der Waals surface area contributed by atoms with E-state index in [1.165, 1.54) is 6.07 Å². The number of hydrogen-bond donors (Lipinski definition) is 2. The average molecular weight is 309 g/mol. The number of nitrogens with one attached hydrogen (secondary N) is 1. The molecule has 0 fully saturated rings. The first kappa shape index (κ1) is 15.4. The van der Waals surface area contributed by atoms with E-state index >= 15 is 0 Å². The van der Waals surface area contributed by atoms with Crippen molar-refractivity contribution in [1.82, 2.24) is 0 Å². The van der Waals surface area contributed by atoms with E-state index in [1.54, 1.807) is 6.07 Å². The molecule has 0 bridgehead atoms. The normalized spacial score (nSPS) is 12.0. The van der Waals surface area contributed by atoms with E-state index in [0.717, 1.165) is 17.4 Å². The number of hydrogen-bond acceptors (Lipinski definition) is 3. The van der Waals surface area contributed by atoms with Gasteiger partial charge in [0.05, 0.1) is 17.4 Å². The molecule has 0 amide bonds. The number of nitrogens with zero attached hydrogens (tertiary/aromatic N) is 1. The van der Waals surface area contributed by atoms with E-state index in [2.05, 4.69) is 5.32 Å². The van der Waals surface area contributed by atoms with Gasteiger partial charge < -0.3 is 15.3 Å². The number of aromatic hydroxyl groups is 1. The average Bonchev–Trinajstić information content (AvgIpc) is 2.37. The van der Waals surface area contributed by atoms with Crippen molar-refractivity contribution in [2.75, 3.05) is 24.3 Å². The van der Waals surface area contributed by atoms with Gasteiger partial charge in [0.25, 0.3) is 0 Å². The minimum atomic E-state index is -0.458. The Kier molecular flexibility index (Phi) is 4.58. The van der Waals surface area contributed by atoms with Crippen molar-refractivity contribution in [1.29, 1.82) is 0 Å². The highest BCUT2D eigenvalue weighted by Crippen LogP contribution is 2.33. The molecule has 2 rings (SSSR count). The van der Waals surface area contributed by atoms with Crippen molar-refractivity contribution in [2.24, 2.45) is 0 Å². The van der Waals surface area contributed by atoms with Crippen LogP contribution in [0.25, 0.3) is 0 Å². The van der Waals surface area contributed by atoms with Crippen LogP contribution in [0, 0.1) is 5.82 Å². The van der Waals surface area contributed by atoms with Crippen molar-refractivity contribution in [3.05, 3.63) is 52.8 Å². The zero-order chi connectivity index (χ0) is 15.6. The van der Waals surface area contributed by atoms with Crippen LogP contribution in [-0.2, 0) is 0 Å². The second-order valence-corrected chi connectivity index (χ2v) is 5.56. The van der Waals surface area contributed by atoms with Gasteiger partial charge in [-0.3, -0.25) is 0 Å². The largest absolute Gasteiger partial charge is 0.507 e. The summed E-state index contributed by atoms with van der Waals surface area (Å²) in [5.74, 6) is -0.524. The molecule has 0 radical (unpaired) electrons. The molecule has 1 unspecified atom stereocenters. The molecule has 2 N–H and O–H groups in total. The maximum Gasteiger partial charge on any atom is 0.126 e. The molecule has 2 aromatic carbocycles. The predicted molar refractivity (Wildman–Crippen MR) is 85.9 cm³/mol. The molecule has 0 aromatic heterocycles. The van der Waals surface area contributed by atoms with Crippen LogP contribution in [0.2, 0.25) is 5.02 Å². The van der Waals surface area contributed by atoms with E-state index in [0.29, 0.717) is 10.6 Å². The Morgan fingerprint density at radius 1 is 1.19 bits per heavy atom. The minimum Gasteiger partial charge on any atom is -0.507 e. The zero-order valence-corrected chi connectivity index (χ0v) is 12.9. The molecule has 0 aliphatic rings. The summed E-state index contributed by atoms with van der Waals surface area (Å²) >= 11 is 6.05. The molecule has 5 heteroatoms. The van der Waals surface area contributed by atoms with Gasteiger partial charge in [0, 0.05) is 30.7 Å². The second kappa shape index (κ2) is 6.22. The van der Waals surface area contributed by atoms with Crippen LogP contribution >= 0.6 is 11.6 Å². The fourth-order valence-electron chi connectivity index (χ4n) is 2.21. The maximum absolute atomic E-state index is 13.1. The minimum absolute atomic E-state index is 0.0663. The molecule has 0 aliphatic carbocycles. The quantitative estimate of drug-likeness (QED) is 0.877. The van der Waals surface area contributed by atoms with Crippen molar-refractivity contribution in [3.63, 3.8) is 0 Å². The lowest BCUT2D eigenvalue weighted by atomic mass is 10.1. The maximum atomic E-state index is 13.1. The number of rotatable bonds is 4. The third-order valence-electron chi connectivity index (χ3n) is 3.27. The number of phenolic OH excluding ortho intramolecular Hbond substituents is 1. The van der Waals surface area contributed by atoms with Gasteiger partial charge in [-0.25, -0.2) is 4.39 Å². The molecule has 0 saturated carbocycles. The fourth-order valence-corrected chi connectivity index (χ4v) is 2.38. The smallest absolute Gasteiger partial charge is 0.126 e. The van der Waals surface area contributed by atoms with Gasteiger partial charge in [-0.05, 0) is 31.2 Å². The highest BCUT2D eigenvalue weighted by Gasteiger charge is 2.14. The topological polar surface area (TPSA) is 35.5 Å².